The zero-order valence-corrected chi connectivity index (χ0v) is 16.3. The summed E-state index contributed by atoms with van der Waals surface area (Å²) >= 11 is 0. The van der Waals surface area contributed by atoms with Gasteiger partial charge in [-0.3, -0.25) is 4.79 Å². The minimum atomic E-state index is -0.314. The lowest BCUT2D eigenvalue weighted by Gasteiger charge is -2.18. The molecule has 1 aromatic heterocycles. The zero-order chi connectivity index (χ0) is 19.9. The average molecular weight is 383 g/mol. The second-order valence-electron chi connectivity index (χ2n) is 6.63. The van der Waals surface area contributed by atoms with Crippen LogP contribution in [0, 0.1) is 5.82 Å². The van der Waals surface area contributed by atoms with Gasteiger partial charge in [-0.15, -0.1) is 0 Å². The molecule has 0 aliphatic carbocycles. The Balaban J connectivity index is 1.53. The lowest BCUT2D eigenvalue weighted by molar-refractivity contribution is -0.115. The highest BCUT2D eigenvalue weighted by molar-refractivity contribution is 5.95. The molecule has 0 saturated carbocycles. The molecular weight excluding hydrogens is 357 g/mol. The maximum absolute atomic E-state index is 13.5. The van der Waals surface area contributed by atoms with Crippen LogP contribution in [-0.2, 0) is 11.2 Å². The number of hydrogen-bond acceptors (Lipinski definition) is 3. The number of ether oxygens (including phenoxy) is 1. The van der Waals surface area contributed by atoms with Crippen LogP contribution in [-0.4, -0.2) is 42.0 Å². The molecule has 0 unspecified atom stereocenters. The topological polar surface area (TPSA) is 57.4 Å². The van der Waals surface area contributed by atoms with Gasteiger partial charge in [-0.1, -0.05) is 13.8 Å². The number of hydrogen-bond donors (Lipinski definition) is 2. The smallest absolute Gasteiger partial charge is 0.228 e. The molecule has 3 aromatic rings. The Morgan fingerprint density at radius 1 is 1.14 bits per heavy atom. The van der Waals surface area contributed by atoms with Crippen molar-refractivity contribution in [3.63, 3.8) is 0 Å². The number of H-pyrrole nitrogens is 1. The third kappa shape index (κ3) is 5.10. The predicted octanol–water partition coefficient (Wildman–Crippen LogP) is 4.21. The number of benzene rings is 2. The molecule has 5 nitrogen and oxygen atoms in total. The molecule has 0 aliphatic rings. The van der Waals surface area contributed by atoms with Gasteiger partial charge in [0, 0.05) is 29.3 Å². The van der Waals surface area contributed by atoms with Gasteiger partial charge in [0.05, 0.1) is 6.42 Å². The van der Waals surface area contributed by atoms with Crippen molar-refractivity contribution >= 4 is 22.5 Å². The fourth-order valence-electron chi connectivity index (χ4n) is 3.14. The van der Waals surface area contributed by atoms with Crippen molar-refractivity contribution in [2.24, 2.45) is 0 Å². The highest BCUT2D eigenvalue weighted by Crippen LogP contribution is 2.21. The number of fused-ring (bicyclic) bond motifs is 1. The molecular formula is C22H26FN3O2. The minimum absolute atomic E-state index is 0.152. The van der Waals surface area contributed by atoms with Gasteiger partial charge in [0.1, 0.15) is 18.2 Å². The third-order valence-electron chi connectivity index (χ3n) is 4.79. The summed E-state index contributed by atoms with van der Waals surface area (Å²) in [5.41, 5.74) is 2.28. The number of aromatic nitrogens is 1. The molecule has 0 radical (unpaired) electrons. The van der Waals surface area contributed by atoms with Crippen molar-refractivity contribution in [2.75, 3.05) is 31.6 Å². The van der Waals surface area contributed by atoms with Gasteiger partial charge >= 0.3 is 0 Å². The normalized spacial score (nSPS) is 11.1. The van der Waals surface area contributed by atoms with E-state index in [1.807, 2.05) is 24.3 Å². The molecule has 0 fully saturated rings. The summed E-state index contributed by atoms with van der Waals surface area (Å²) in [4.78, 5) is 17.7. The van der Waals surface area contributed by atoms with Gasteiger partial charge in [-0.2, -0.15) is 0 Å². The molecule has 1 amide bonds. The molecule has 0 aliphatic heterocycles. The molecule has 2 aromatic carbocycles. The summed E-state index contributed by atoms with van der Waals surface area (Å²) in [5.74, 6) is 0.308. The lowest BCUT2D eigenvalue weighted by Crippen LogP contribution is -2.27. The number of nitrogens with zero attached hydrogens (tertiary/aromatic N) is 1. The average Bonchev–Trinajstić information content (AvgIpc) is 3.08. The second-order valence-corrected chi connectivity index (χ2v) is 6.63. The van der Waals surface area contributed by atoms with Crippen LogP contribution < -0.4 is 10.1 Å². The van der Waals surface area contributed by atoms with Gasteiger partial charge < -0.3 is 19.9 Å². The van der Waals surface area contributed by atoms with Crippen LogP contribution in [0.15, 0.2) is 48.7 Å². The molecule has 0 spiro atoms. The van der Waals surface area contributed by atoms with Crippen LogP contribution in [0.2, 0.25) is 0 Å². The van der Waals surface area contributed by atoms with Gasteiger partial charge in [-0.05, 0) is 61.1 Å². The monoisotopic (exact) mass is 383 g/mol. The molecule has 148 valence electrons. The molecule has 0 bridgehead atoms. The largest absolute Gasteiger partial charge is 0.492 e. The first-order valence-electron chi connectivity index (χ1n) is 9.59. The Kier molecular flexibility index (Phi) is 6.66. The van der Waals surface area contributed by atoms with Crippen LogP contribution in [0.1, 0.15) is 19.4 Å². The number of amides is 1. The van der Waals surface area contributed by atoms with Gasteiger partial charge in [-0.25, -0.2) is 4.39 Å². The van der Waals surface area contributed by atoms with Crippen molar-refractivity contribution in [3.8, 4) is 5.75 Å². The molecule has 0 atom stereocenters. The highest BCUT2D eigenvalue weighted by Gasteiger charge is 2.10. The molecule has 1 heterocycles. The Morgan fingerprint density at radius 2 is 1.89 bits per heavy atom. The van der Waals surface area contributed by atoms with Crippen molar-refractivity contribution in [2.45, 2.75) is 20.3 Å². The van der Waals surface area contributed by atoms with Crippen LogP contribution >= 0.6 is 0 Å². The van der Waals surface area contributed by atoms with E-state index < -0.39 is 0 Å². The first-order valence-corrected chi connectivity index (χ1v) is 9.59. The van der Waals surface area contributed by atoms with Crippen LogP contribution in [0.3, 0.4) is 0 Å². The van der Waals surface area contributed by atoms with Crippen LogP contribution in [0.5, 0.6) is 5.75 Å². The van der Waals surface area contributed by atoms with Gasteiger partial charge in [0.15, 0.2) is 0 Å². The highest BCUT2D eigenvalue weighted by atomic mass is 19.1. The summed E-state index contributed by atoms with van der Waals surface area (Å²) in [6.07, 6.45) is 1.92. The Bertz CT molecular complexity index is 917. The van der Waals surface area contributed by atoms with E-state index in [1.165, 1.54) is 12.1 Å². The number of carbonyl (C=O) groups excluding carboxylic acids is 1. The minimum Gasteiger partial charge on any atom is -0.492 e. The number of nitrogens with one attached hydrogen (secondary N) is 2. The number of rotatable bonds is 9. The number of likely N-dealkylation sites (N-methyl/N-ethyl adjacent to an activating group) is 1. The fraction of sp³-hybridized carbons (Fsp3) is 0.318. The van der Waals surface area contributed by atoms with Gasteiger partial charge in [0.25, 0.3) is 0 Å². The Labute approximate surface area is 164 Å². The predicted molar refractivity (Wildman–Crippen MR) is 110 cm³/mol. The van der Waals surface area contributed by atoms with Crippen molar-refractivity contribution < 1.29 is 13.9 Å². The summed E-state index contributed by atoms with van der Waals surface area (Å²) in [5, 5.41) is 3.60. The lowest BCUT2D eigenvalue weighted by atomic mass is 10.1. The van der Waals surface area contributed by atoms with E-state index in [0.717, 1.165) is 41.9 Å². The Morgan fingerprint density at radius 3 is 2.61 bits per heavy atom. The van der Waals surface area contributed by atoms with Crippen LogP contribution in [0.4, 0.5) is 10.1 Å². The molecule has 28 heavy (non-hydrogen) atoms. The Hall–Kier alpha value is -2.86. The summed E-state index contributed by atoms with van der Waals surface area (Å²) in [6.45, 7) is 7.80. The maximum atomic E-state index is 13.5. The number of carbonyl (C=O) groups is 1. The van der Waals surface area contributed by atoms with Crippen LogP contribution in [0.25, 0.3) is 10.9 Å². The third-order valence-corrected chi connectivity index (χ3v) is 4.79. The van der Waals surface area contributed by atoms with E-state index in [4.69, 9.17) is 4.74 Å². The van der Waals surface area contributed by atoms with E-state index in [2.05, 4.69) is 29.0 Å². The van der Waals surface area contributed by atoms with E-state index in [0.29, 0.717) is 12.3 Å². The zero-order valence-electron chi connectivity index (χ0n) is 16.3. The summed E-state index contributed by atoms with van der Waals surface area (Å²) < 4.78 is 19.2. The SMILES string of the molecule is CCN(CC)CCOc1ccc(NC(=O)Cc2c[nH]c3ccc(F)cc23)cc1. The molecule has 3 rings (SSSR count). The first kappa shape index (κ1) is 19.9. The number of halogens is 1. The molecule has 2 N–H and O–H groups in total. The van der Waals surface area contributed by atoms with Crippen molar-refractivity contribution in [3.05, 3.63) is 60.0 Å². The van der Waals surface area contributed by atoms with Crippen molar-refractivity contribution in [1.82, 2.24) is 9.88 Å². The molecule has 0 saturated heterocycles. The van der Waals surface area contributed by atoms with E-state index in [9.17, 15) is 9.18 Å². The summed E-state index contributed by atoms with van der Waals surface area (Å²) in [6, 6.07) is 11.8. The number of anilines is 1. The van der Waals surface area contributed by atoms with E-state index >= 15 is 0 Å². The van der Waals surface area contributed by atoms with Gasteiger partial charge in [0.2, 0.25) is 5.91 Å². The standard InChI is InChI=1S/C22H26FN3O2/c1-3-26(4-2)11-12-28-19-8-6-18(7-9-19)25-22(27)13-16-15-24-21-10-5-17(23)14-20(16)21/h5-10,14-15,24H,3-4,11-13H2,1-2H3,(H,25,27). The number of aromatic amines is 1. The quantitative estimate of drug-likeness (QED) is 0.582. The van der Waals surface area contributed by atoms with Crippen molar-refractivity contribution in [1.29, 1.82) is 0 Å². The molecule has 6 heteroatoms. The van der Waals surface area contributed by atoms with E-state index in [1.54, 1.807) is 12.3 Å². The second kappa shape index (κ2) is 9.37. The van der Waals surface area contributed by atoms with E-state index in [-0.39, 0.29) is 18.1 Å². The first-order chi connectivity index (χ1) is 13.6. The fourth-order valence-corrected chi connectivity index (χ4v) is 3.14. The summed E-state index contributed by atoms with van der Waals surface area (Å²) in [7, 11) is 0. The maximum Gasteiger partial charge on any atom is 0.228 e.